The summed E-state index contributed by atoms with van der Waals surface area (Å²) in [5.41, 5.74) is 5.08. The highest BCUT2D eigenvalue weighted by Crippen LogP contribution is 2.33. The van der Waals surface area contributed by atoms with E-state index in [4.69, 9.17) is 5.26 Å². The van der Waals surface area contributed by atoms with Gasteiger partial charge in [0.1, 0.15) is 0 Å². The van der Waals surface area contributed by atoms with Gasteiger partial charge in [0.25, 0.3) is 0 Å². The topological polar surface area (TPSA) is 41.6 Å². The van der Waals surface area contributed by atoms with Crippen LogP contribution in [0.2, 0.25) is 0 Å². The number of hydrogen-bond acceptors (Lipinski definition) is 2. The Bertz CT molecular complexity index is 644. The second kappa shape index (κ2) is 5.11. The molecule has 0 atom stereocenters. The fourth-order valence-corrected chi connectivity index (χ4v) is 2.58. The van der Waals surface area contributed by atoms with E-state index in [2.05, 4.69) is 41.5 Å². The van der Waals surface area contributed by atoms with Crippen molar-refractivity contribution in [3.05, 3.63) is 53.3 Å². The van der Waals surface area contributed by atoms with Gasteiger partial charge < -0.3 is 0 Å². The van der Waals surface area contributed by atoms with Gasteiger partial charge in [-0.15, -0.1) is 0 Å². The van der Waals surface area contributed by atoms with Crippen molar-refractivity contribution in [3.8, 4) is 6.07 Å². The summed E-state index contributed by atoms with van der Waals surface area (Å²) in [6, 6.07) is 12.5. The maximum atomic E-state index is 8.71. The summed E-state index contributed by atoms with van der Waals surface area (Å²) in [5, 5.41) is 13.1. The molecule has 19 heavy (non-hydrogen) atoms. The van der Waals surface area contributed by atoms with Crippen molar-refractivity contribution in [1.29, 1.82) is 5.26 Å². The molecule has 1 aliphatic rings. The van der Waals surface area contributed by atoms with E-state index in [0.717, 1.165) is 12.8 Å². The third kappa shape index (κ3) is 2.30. The van der Waals surface area contributed by atoms with Crippen molar-refractivity contribution in [2.75, 3.05) is 0 Å². The molecule has 0 spiro atoms. The van der Waals surface area contributed by atoms with Gasteiger partial charge in [-0.05, 0) is 35.6 Å². The molecular weight excluding hydrogens is 234 g/mol. The van der Waals surface area contributed by atoms with Crippen molar-refractivity contribution >= 4 is 11.6 Å². The molecule has 0 bridgehead atoms. The molecule has 0 saturated carbocycles. The molecule has 94 valence electrons. The minimum Gasteiger partial charge on any atom is -0.264 e. The van der Waals surface area contributed by atoms with Crippen LogP contribution < -0.4 is 0 Å². The van der Waals surface area contributed by atoms with Crippen LogP contribution in [0.5, 0.6) is 0 Å². The largest absolute Gasteiger partial charge is 0.264 e. The number of aryl methyl sites for hydroxylation is 2. The molecule has 1 aliphatic carbocycles. The first-order valence-electron chi connectivity index (χ1n) is 6.56. The van der Waals surface area contributed by atoms with Crippen molar-refractivity contribution in [3.63, 3.8) is 0 Å². The molecule has 1 aromatic carbocycles. The molecule has 1 heterocycles. The lowest BCUT2D eigenvalue weighted by atomic mass is 10.1. The molecule has 0 radical (unpaired) electrons. The minimum atomic E-state index is 0.507. The summed E-state index contributed by atoms with van der Waals surface area (Å²) in [7, 11) is 0. The van der Waals surface area contributed by atoms with Crippen molar-refractivity contribution in [2.24, 2.45) is 0 Å². The fraction of sp³-hybridized carbons (Fsp3) is 0.250. The molecule has 0 fully saturated rings. The third-order valence-electron chi connectivity index (χ3n) is 3.46. The van der Waals surface area contributed by atoms with Gasteiger partial charge in [-0.2, -0.15) is 10.4 Å². The standard InChI is InChI=1S/C16H15N3/c17-9-4-10-19-16-14(7-8-15(16)12-18-19)11-13-5-2-1-3-6-13/h1-3,5-6,11-12H,4,7-8,10H2/b14-11-. The highest BCUT2D eigenvalue weighted by atomic mass is 15.3. The Balaban J connectivity index is 1.95. The van der Waals surface area contributed by atoms with Crippen LogP contribution >= 0.6 is 0 Å². The van der Waals surface area contributed by atoms with Crippen molar-refractivity contribution < 1.29 is 0 Å². The van der Waals surface area contributed by atoms with Gasteiger partial charge in [-0.25, -0.2) is 0 Å². The van der Waals surface area contributed by atoms with E-state index < -0.39 is 0 Å². The maximum Gasteiger partial charge on any atom is 0.0674 e. The van der Waals surface area contributed by atoms with Gasteiger partial charge >= 0.3 is 0 Å². The lowest BCUT2D eigenvalue weighted by Crippen LogP contribution is -2.03. The summed E-state index contributed by atoms with van der Waals surface area (Å²) in [6.45, 7) is 0.679. The highest BCUT2D eigenvalue weighted by molar-refractivity contribution is 5.83. The van der Waals surface area contributed by atoms with Gasteiger partial charge in [-0.1, -0.05) is 30.3 Å². The van der Waals surface area contributed by atoms with Crippen LogP contribution in [0.25, 0.3) is 11.6 Å². The first kappa shape index (κ1) is 11.7. The quantitative estimate of drug-likeness (QED) is 0.837. The summed E-state index contributed by atoms with van der Waals surface area (Å²) >= 11 is 0. The van der Waals surface area contributed by atoms with Crippen LogP contribution in [0.15, 0.2) is 36.5 Å². The van der Waals surface area contributed by atoms with Crippen LogP contribution in [0.1, 0.15) is 29.7 Å². The summed E-state index contributed by atoms with van der Waals surface area (Å²) in [6.07, 6.45) is 6.80. The normalized spacial score (nSPS) is 15.4. The van der Waals surface area contributed by atoms with Crippen LogP contribution in [-0.2, 0) is 13.0 Å². The number of aromatic nitrogens is 2. The Labute approximate surface area is 112 Å². The average molecular weight is 249 g/mol. The van der Waals surface area contributed by atoms with Gasteiger partial charge in [0, 0.05) is 0 Å². The Kier molecular flexibility index (Phi) is 3.16. The van der Waals surface area contributed by atoms with Crippen LogP contribution in [0.4, 0.5) is 0 Å². The fourth-order valence-electron chi connectivity index (χ4n) is 2.58. The van der Waals surface area contributed by atoms with Gasteiger partial charge in [-0.3, -0.25) is 4.68 Å². The van der Waals surface area contributed by atoms with Gasteiger partial charge in [0.2, 0.25) is 0 Å². The van der Waals surface area contributed by atoms with Gasteiger partial charge in [0.15, 0.2) is 0 Å². The molecule has 0 amide bonds. The van der Waals surface area contributed by atoms with Crippen LogP contribution in [0.3, 0.4) is 0 Å². The number of rotatable bonds is 3. The number of fused-ring (bicyclic) bond motifs is 1. The average Bonchev–Trinajstić information content (AvgIpc) is 3.01. The van der Waals surface area contributed by atoms with Crippen LogP contribution in [-0.4, -0.2) is 9.78 Å². The predicted octanol–water partition coefficient (Wildman–Crippen LogP) is 3.28. The first-order valence-corrected chi connectivity index (χ1v) is 6.56. The molecule has 3 heteroatoms. The monoisotopic (exact) mass is 249 g/mol. The van der Waals surface area contributed by atoms with E-state index in [-0.39, 0.29) is 0 Å². The number of allylic oxidation sites excluding steroid dienone is 1. The Hall–Kier alpha value is -2.34. The van der Waals surface area contributed by atoms with Gasteiger partial charge in [0.05, 0.1) is 30.9 Å². The van der Waals surface area contributed by atoms with E-state index in [9.17, 15) is 0 Å². The zero-order valence-electron chi connectivity index (χ0n) is 10.7. The second-order valence-electron chi connectivity index (χ2n) is 4.73. The van der Waals surface area contributed by atoms with Crippen LogP contribution in [0, 0.1) is 11.3 Å². The summed E-state index contributed by atoms with van der Waals surface area (Å²) in [4.78, 5) is 0. The number of nitrogens with zero attached hydrogens (tertiary/aromatic N) is 3. The van der Waals surface area contributed by atoms with E-state index in [1.54, 1.807) is 0 Å². The number of benzene rings is 1. The molecule has 0 unspecified atom stereocenters. The molecule has 0 aliphatic heterocycles. The lowest BCUT2D eigenvalue weighted by Gasteiger charge is -2.05. The molecule has 0 N–H and O–H groups in total. The Morgan fingerprint density at radius 2 is 2.11 bits per heavy atom. The highest BCUT2D eigenvalue weighted by Gasteiger charge is 2.21. The molecule has 2 aromatic rings. The lowest BCUT2D eigenvalue weighted by molar-refractivity contribution is 0.620. The number of hydrogen-bond donors (Lipinski definition) is 0. The molecule has 1 aromatic heterocycles. The Morgan fingerprint density at radius 1 is 1.26 bits per heavy atom. The Morgan fingerprint density at radius 3 is 2.89 bits per heavy atom. The van der Waals surface area contributed by atoms with E-state index in [1.165, 1.54) is 22.4 Å². The zero-order chi connectivity index (χ0) is 13.1. The SMILES string of the molecule is N#CCCn1ncc2c1/C(=C\c1ccccc1)CC2. The van der Waals surface area contributed by atoms with E-state index in [1.807, 2.05) is 16.9 Å². The second-order valence-corrected chi connectivity index (χ2v) is 4.73. The molecular formula is C16H15N3. The smallest absolute Gasteiger partial charge is 0.0674 e. The third-order valence-corrected chi connectivity index (χ3v) is 3.46. The van der Waals surface area contributed by atoms with Crippen molar-refractivity contribution in [2.45, 2.75) is 25.8 Å². The predicted molar refractivity (Wildman–Crippen MR) is 75.1 cm³/mol. The molecule has 3 nitrogen and oxygen atoms in total. The molecule has 3 rings (SSSR count). The zero-order valence-corrected chi connectivity index (χ0v) is 10.7. The number of nitriles is 1. The summed E-state index contributed by atoms with van der Waals surface area (Å²) in [5.74, 6) is 0. The first-order chi connectivity index (χ1) is 9.38. The van der Waals surface area contributed by atoms with Crippen molar-refractivity contribution in [1.82, 2.24) is 9.78 Å². The van der Waals surface area contributed by atoms with E-state index >= 15 is 0 Å². The summed E-state index contributed by atoms with van der Waals surface area (Å²) < 4.78 is 1.97. The minimum absolute atomic E-state index is 0.507. The molecule has 0 saturated heterocycles. The maximum absolute atomic E-state index is 8.71. The van der Waals surface area contributed by atoms with E-state index in [0.29, 0.717) is 13.0 Å².